The van der Waals surface area contributed by atoms with Crippen LogP contribution in [0.15, 0.2) is 208 Å². The number of fused-ring (bicyclic) bond motifs is 5. The summed E-state index contributed by atoms with van der Waals surface area (Å²) in [5.74, 6) is 1.99. The van der Waals surface area contributed by atoms with Crippen molar-refractivity contribution in [1.82, 2.24) is 0 Å². The van der Waals surface area contributed by atoms with Crippen LogP contribution in [0.4, 0.5) is 0 Å². The molecule has 4 aromatic heterocycles. The first-order valence-electron chi connectivity index (χ1n) is 40.4. The molecule has 1 aliphatic rings. The molecule has 1 aliphatic carbocycles. The summed E-state index contributed by atoms with van der Waals surface area (Å²) in [6.45, 7) is 23.4. The molecule has 0 amide bonds. The van der Waals surface area contributed by atoms with Gasteiger partial charge in [0, 0.05) is 57.3 Å². The highest BCUT2D eigenvalue weighted by molar-refractivity contribution is 7.26. The van der Waals surface area contributed by atoms with Gasteiger partial charge in [0.05, 0.1) is 13.2 Å². The summed E-state index contributed by atoms with van der Waals surface area (Å²) >= 11 is 7.64. The summed E-state index contributed by atoms with van der Waals surface area (Å²) in [5.41, 5.74) is 11.0. The first-order valence-corrected chi connectivity index (χ1v) is 43.7. The van der Waals surface area contributed by atoms with Gasteiger partial charge in [0.2, 0.25) is 0 Å². The summed E-state index contributed by atoms with van der Waals surface area (Å²) in [5, 5.41) is 4.84. The summed E-state index contributed by atoms with van der Waals surface area (Å²) in [4.78, 5) is 34.5. The van der Waals surface area contributed by atoms with Gasteiger partial charge >= 0.3 is 11.9 Å². The first kappa shape index (κ1) is 80.2. The van der Waals surface area contributed by atoms with Crippen molar-refractivity contribution in [2.45, 2.75) is 231 Å². The van der Waals surface area contributed by atoms with Gasteiger partial charge < -0.3 is 18.9 Å². The van der Waals surface area contributed by atoms with Crippen molar-refractivity contribution < 1.29 is 28.5 Å². The Morgan fingerprint density at radius 1 is 0.355 bits per heavy atom. The third kappa shape index (κ3) is 22.0. The number of hydrogen-bond donors (Lipinski definition) is 0. The molecule has 4 heterocycles. The average molecular weight is 1500 g/mol. The lowest BCUT2D eigenvalue weighted by atomic mass is 9.64. The molecule has 0 radical (unpaired) electrons. The number of benzene rings is 6. The molecule has 562 valence electrons. The number of esters is 2. The van der Waals surface area contributed by atoms with E-state index in [1.54, 1.807) is 35.4 Å². The van der Waals surface area contributed by atoms with Crippen LogP contribution >= 0.6 is 45.3 Å². The molecular weight excluding hydrogens is 1390 g/mol. The second-order valence-corrected chi connectivity index (χ2v) is 33.9. The normalized spacial score (nSPS) is 12.6. The van der Waals surface area contributed by atoms with E-state index in [9.17, 15) is 9.59 Å². The van der Waals surface area contributed by atoms with Crippen LogP contribution in [0, 0.1) is 5.92 Å². The Balaban J connectivity index is 0.718. The smallest absolute Gasteiger partial charge is 0.306 e. The van der Waals surface area contributed by atoms with Gasteiger partial charge in [-0.25, -0.2) is 0 Å². The van der Waals surface area contributed by atoms with E-state index in [4.69, 9.17) is 18.9 Å². The van der Waals surface area contributed by atoms with Crippen LogP contribution in [0.5, 0.6) is 11.5 Å². The van der Waals surface area contributed by atoms with E-state index >= 15 is 0 Å². The Kier molecular flexibility index (Phi) is 31.2. The van der Waals surface area contributed by atoms with Crippen molar-refractivity contribution in [2.75, 3.05) is 13.2 Å². The second-order valence-electron chi connectivity index (χ2n) is 29.6. The van der Waals surface area contributed by atoms with E-state index in [1.165, 1.54) is 210 Å². The van der Waals surface area contributed by atoms with E-state index < -0.39 is 12.2 Å². The van der Waals surface area contributed by atoms with E-state index in [1.807, 2.05) is 45.3 Å². The van der Waals surface area contributed by atoms with E-state index in [0.717, 1.165) is 88.9 Å². The summed E-state index contributed by atoms with van der Waals surface area (Å²) in [6, 6.07) is 60.6. The minimum Gasteiger partial charge on any atom is -0.494 e. The largest absolute Gasteiger partial charge is 0.494 e. The van der Waals surface area contributed by atoms with Gasteiger partial charge in [0.1, 0.15) is 23.7 Å². The number of hydrogen-bond acceptors (Lipinski definition) is 10. The van der Waals surface area contributed by atoms with Crippen LogP contribution < -0.4 is 9.47 Å². The molecule has 0 saturated carbocycles. The Bertz CT molecular complexity index is 4230. The molecule has 0 N–H and O–H groups in total. The molecule has 6 aromatic carbocycles. The van der Waals surface area contributed by atoms with Gasteiger partial charge in [0.25, 0.3) is 0 Å². The highest BCUT2D eigenvalue weighted by atomic mass is 32.1. The average Bonchev–Trinajstić information content (AvgIpc) is 1.55. The van der Waals surface area contributed by atoms with Gasteiger partial charge in [-0.05, 0) is 232 Å². The monoisotopic (exact) mass is 1500 g/mol. The van der Waals surface area contributed by atoms with E-state index in [-0.39, 0.29) is 17.4 Å². The molecule has 10 heteroatoms. The van der Waals surface area contributed by atoms with Crippen molar-refractivity contribution in [2.24, 2.45) is 5.92 Å². The number of carbonyl (C=O) groups is 2. The molecule has 1 unspecified atom stereocenters. The summed E-state index contributed by atoms with van der Waals surface area (Å²) < 4.78 is 23.2. The Hall–Kier alpha value is -7.86. The maximum atomic E-state index is 12.0. The molecule has 11 rings (SSSR count). The molecule has 107 heavy (non-hydrogen) atoms. The van der Waals surface area contributed by atoms with Crippen LogP contribution in [-0.2, 0) is 24.5 Å². The standard InChI is InChI=1S/C97H114O6S4/c1-8-14-16-18-29-35-61-97(70(7)38-32-17-15-9-2)85-68-77(89-55-59-93(106-89)91-57-53-87(104-91)75-43-41-73-66-81(49-45-71(73)64-75)100-62-36-30-25-21-19-23-27-33-39-95(98)102-79(10-3)11-4)47-51-83(85)84-52-48-78(69-86(84)97)90-56-60-94(107-90)92-58-54-88(105-92)76-44-42-74-67-82(50-46-72(74)65-76)101-63-37-31-26-22-20-24-28-34-40-96(99)103-80(12-5)13-6/h10-13,41-60,64-70,79-80H,3-6,8-9,14-40,61-63H2,1-2,7H3. The Morgan fingerprint density at radius 3 is 1.07 bits per heavy atom. The molecule has 6 nitrogen and oxygen atoms in total. The molecule has 10 aromatic rings. The van der Waals surface area contributed by atoms with Crippen LogP contribution in [0.25, 0.3) is 93.9 Å². The quantitative estimate of drug-likeness (QED) is 0.0215. The molecule has 0 saturated heterocycles. The predicted octanol–water partition coefficient (Wildman–Crippen LogP) is 30.2. The highest BCUT2D eigenvalue weighted by Gasteiger charge is 2.47. The molecule has 0 bridgehead atoms. The molecule has 0 aliphatic heterocycles. The van der Waals surface area contributed by atoms with Crippen LogP contribution in [-0.4, -0.2) is 37.4 Å². The van der Waals surface area contributed by atoms with Crippen molar-refractivity contribution in [3.05, 3.63) is 219 Å². The highest BCUT2D eigenvalue weighted by Crippen LogP contribution is 2.59. The summed E-state index contributed by atoms with van der Waals surface area (Å²) in [6.07, 6.45) is 39.4. The van der Waals surface area contributed by atoms with Gasteiger partial charge in [-0.1, -0.05) is 249 Å². The van der Waals surface area contributed by atoms with E-state index in [0.29, 0.717) is 18.8 Å². The number of unbranched alkanes of at least 4 members (excludes halogenated alkanes) is 22. The number of ether oxygens (including phenoxy) is 4. The number of thiophene rings is 4. The topological polar surface area (TPSA) is 71.1 Å². The lowest BCUT2D eigenvalue weighted by molar-refractivity contribution is -0.146. The second kappa shape index (κ2) is 41.6. The number of carbonyl (C=O) groups excluding carboxylic acids is 2. The SMILES string of the molecule is C=CC(C=C)OC(=O)CCCCCCCCCCOc1ccc2cc(-c3ccc(-c4ccc(-c5ccc6c(c5)C(CCCCCCCC)(C(C)CCCCCC)c5cc(-c7ccc(-c8ccc(-c9ccc%10cc(OCCCCCCCCCCC(=O)OC(C=C)C=C)ccc%10c9)s8)s7)ccc5-6)s4)s3)ccc2c1. The first-order chi connectivity index (χ1) is 52.5. The van der Waals surface area contributed by atoms with Crippen molar-refractivity contribution >= 4 is 78.8 Å². The van der Waals surface area contributed by atoms with Crippen molar-refractivity contribution in [3.8, 4) is 83.9 Å². The fraction of sp³-hybridized carbons (Fsp3) is 0.402. The van der Waals surface area contributed by atoms with E-state index in [2.05, 4.69) is 205 Å². The van der Waals surface area contributed by atoms with Crippen LogP contribution in [0.2, 0.25) is 0 Å². The minimum atomic E-state index is -0.398. The predicted molar refractivity (Wildman–Crippen MR) is 462 cm³/mol. The van der Waals surface area contributed by atoms with Gasteiger partial charge in [-0.15, -0.1) is 45.3 Å². The lowest BCUT2D eigenvalue weighted by Crippen LogP contribution is -2.33. The Labute approximate surface area is 656 Å². The zero-order chi connectivity index (χ0) is 74.6. The third-order valence-corrected chi connectivity index (χ3v) is 26.7. The fourth-order valence-electron chi connectivity index (χ4n) is 15.6. The van der Waals surface area contributed by atoms with Gasteiger partial charge in [0.15, 0.2) is 0 Å². The maximum Gasteiger partial charge on any atom is 0.306 e. The minimum absolute atomic E-state index is 0.0964. The Morgan fingerprint density at radius 2 is 0.673 bits per heavy atom. The zero-order valence-electron chi connectivity index (χ0n) is 64.1. The van der Waals surface area contributed by atoms with Crippen LogP contribution in [0.1, 0.15) is 225 Å². The van der Waals surface area contributed by atoms with Crippen molar-refractivity contribution in [3.63, 3.8) is 0 Å². The molecule has 1 atom stereocenters. The van der Waals surface area contributed by atoms with Gasteiger partial charge in [-0.2, -0.15) is 0 Å². The molecule has 0 fully saturated rings. The van der Waals surface area contributed by atoms with Crippen LogP contribution in [0.3, 0.4) is 0 Å². The zero-order valence-corrected chi connectivity index (χ0v) is 67.4. The fourth-order valence-corrected chi connectivity index (χ4v) is 19.8. The summed E-state index contributed by atoms with van der Waals surface area (Å²) in [7, 11) is 0. The maximum absolute atomic E-state index is 12.0. The molecular formula is C97H114O6S4. The number of rotatable bonds is 49. The molecule has 0 spiro atoms. The van der Waals surface area contributed by atoms with Crippen molar-refractivity contribution in [1.29, 1.82) is 0 Å². The lowest BCUT2D eigenvalue weighted by Gasteiger charge is -2.39. The third-order valence-electron chi connectivity index (χ3n) is 21.8. The van der Waals surface area contributed by atoms with Gasteiger partial charge in [-0.3, -0.25) is 9.59 Å².